The van der Waals surface area contributed by atoms with Crippen LogP contribution in [0, 0.1) is 0 Å². The largest absolute Gasteiger partial charge is 0.468 e. The first-order valence-electron chi connectivity index (χ1n) is 4.16. The van der Waals surface area contributed by atoms with Crippen molar-refractivity contribution in [1.82, 2.24) is 0 Å². The molecular weight excluding hydrogens is 188 g/mol. The third-order valence-corrected chi connectivity index (χ3v) is 4.07. The van der Waals surface area contributed by atoms with Crippen molar-refractivity contribution in [3.63, 3.8) is 0 Å². The van der Waals surface area contributed by atoms with Gasteiger partial charge in [0.25, 0.3) is 0 Å². The summed E-state index contributed by atoms with van der Waals surface area (Å²) in [7, 11) is 0.242. The number of rotatable bonds is 1. The molecule has 0 saturated heterocycles. The Balaban J connectivity index is 2.82. The zero-order valence-electron chi connectivity index (χ0n) is 8.12. The number of carbonyl (C=O) groups is 1. The molecule has 13 heavy (non-hydrogen) atoms. The molecule has 0 fully saturated rings. The lowest BCUT2D eigenvalue weighted by Gasteiger charge is -2.21. The van der Waals surface area contributed by atoms with Gasteiger partial charge in [-0.05, 0) is 20.3 Å². The summed E-state index contributed by atoms with van der Waals surface area (Å²) in [5.74, 6) is 0.149. The van der Waals surface area contributed by atoms with Crippen LogP contribution in [0.2, 0.25) is 0 Å². The molecule has 0 spiro atoms. The molecule has 1 heterocycles. The molecule has 3 nitrogen and oxygen atoms in total. The standard InChI is InChI=1S/C9H14O3S/c1-6-4-8(9(10)12-3)13(11)5-7(6)2/h8H,4-5H2,1-3H3. The number of carbonyl (C=O) groups excluding carboxylic acids is 1. The smallest absolute Gasteiger partial charge is 0.321 e. The van der Waals surface area contributed by atoms with Crippen molar-refractivity contribution in [3.05, 3.63) is 11.1 Å². The molecule has 1 aliphatic rings. The van der Waals surface area contributed by atoms with Crippen molar-refractivity contribution < 1.29 is 13.7 Å². The minimum atomic E-state index is -1.09. The Labute approximate surface area is 80.6 Å². The zero-order chi connectivity index (χ0) is 10.0. The summed E-state index contributed by atoms with van der Waals surface area (Å²) in [5, 5.41) is -0.450. The van der Waals surface area contributed by atoms with Gasteiger partial charge in [0.05, 0.1) is 7.11 Å². The fraction of sp³-hybridized carbons (Fsp3) is 0.667. The van der Waals surface area contributed by atoms with Crippen LogP contribution in [0.1, 0.15) is 20.3 Å². The van der Waals surface area contributed by atoms with Crippen LogP contribution in [0.4, 0.5) is 0 Å². The van der Waals surface area contributed by atoms with Gasteiger partial charge in [-0.15, -0.1) is 0 Å². The Morgan fingerprint density at radius 2 is 2.08 bits per heavy atom. The molecule has 1 rings (SSSR count). The van der Waals surface area contributed by atoms with Crippen molar-refractivity contribution in [2.45, 2.75) is 25.5 Å². The van der Waals surface area contributed by atoms with Gasteiger partial charge < -0.3 is 4.74 Å². The van der Waals surface area contributed by atoms with Crippen LogP contribution in [0.25, 0.3) is 0 Å². The van der Waals surface area contributed by atoms with Crippen molar-refractivity contribution in [2.24, 2.45) is 0 Å². The molecule has 1 aliphatic heterocycles. The van der Waals surface area contributed by atoms with E-state index in [0.717, 1.165) is 11.1 Å². The minimum absolute atomic E-state index is 0.356. The highest BCUT2D eigenvalue weighted by Crippen LogP contribution is 2.22. The van der Waals surface area contributed by atoms with E-state index in [1.54, 1.807) is 0 Å². The van der Waals surface area contributed by atoms with E-state index in [4.69, 9.17) is 0 Å². The average molecular weight is 202 g/mol. The van der Waals surface area contributed by atoms with Crippen molar-refractivity contribution in [1.29, 1.82) is 0 Å². The van der Waals surface area contributed by atoms with Crippen LogP contribution in [0.5, 0.6) is 0 Å². The number of esters is 1. The number of hydrogen-bond donors (Lipinski definition) is 0. The zero-order valence-corrected chi connectivity index (χ0v) is 8.94. The summed E-state index contributed by atoms with van der Waals surface area (Å²) in [5.41, 5.74) is 2.30. The number of hydrogen-bond acceptors (Lipinski definition) is 3. The van der Waals surface area contributed by atoms with E-state index in [0.29, 0.717) is 12.2 Å². The van der Waals surface area contributed by atoms with E-state index in [-0.39, 0.29) is 5.97 Å². The van der Waals surface area contributed by atoms with E-state index >= 15 is 0 Å². The fourth-order valence-corrected chi connectivity index (χ4v) is 2.93. The Kier molecular flexibility index (Phi) is 3.25. The third kappa shape index (κ3) is 2.18. The van der Waals surface area contributed by atoms with Gasteiger partial charge in [-0.25, -0.2) is 0 Å². The van der Waals surface area contributed by atoms with Crippen LogP contribution in [-0.4, -0.2) is 28.3 Å². The molecule has 0 aromatic carbocycles. The molecule has 0 aromatic rings. The van der Waals surface area contributed by atoms with Gasteiger partial charge in [-0.2, -0.15) is 0 Å². The van der Waals surface area contributed by atoms with Gasteiger partial charge in [0.15, 0.2) is 0 Å². The first-order valence-corrected chi connectivity index (χ1v) is 5.54. The minimum Gasteiger partial charge on any atom is -0.468 e. The van der Waals surface area contributed by atoms with Crippen LogP contribution in [0.15, 0.2) is 11.1 Å². The fourth-order valence-electron chi connectivity index (χ4n) is 1.30. The topological polar surface area (TPSA) is 43.4 Å². The van der Waals surface area contributed by atoms with Gasteiger partial charge in [0, 0.05) is 16.6 Å². The highest BCUT2D eigenvalue weighted by atomic mass is 32.2. The van der Waals surface area contributed by atoms with E-state index in [1.165, 1.54) is 7.11 Å². The molecule has 0 amide bonds. The maximum atomic E-state index is 11.5. The second-order valence-electron chi connectivity index (χ2n) is 3.30. The summed E-state index contributed by atoms with van der Waals surface area (Å²) < 4.78 is 16.1. The van der Waals surface area contributed by atoms with Gasteiger partial charge in [-0.3, -0.25) is 9.00 Å². The second-order valence-corrected chi connectivity index (χ2v) is 4.92. The molecule has 0 aliphatic carbocycles. The van der Waals surface area contributed by atoms with E-state index < -0.39 is 16.0 Å². The lowest BCUT2D eigenvalue weighted by molar-refractivity contribution is -0.140. The van der Waals surface area contributed by atoms with Crippen LogP contribution >= 0.6 is 0 Å². The van der Waals surface area contributed by atoms with Crippen LogP contribution in [0.3, 0.4) is 0 Å². The summed E-state index contributed by atoms with van der Waals surface area (Å²) in [6.07, 6.45) is 0.575. The molecule has 0 radical (unpaired) electrons. The Bertz CT molecular complexity index is 281. The summed E-state index contributed by atoms with van der Waals surface area (Å²) >= 11 is 0. The highest BCUT2D eigenvalue weighted by Gasteiger charge is 2.30. The summed E-state index contributed by atoms with van der Waals surface area (Å²) in [4.78, 5) is 11.2. The van der Waals surface area contributed by atoms with Gasteiger partial charge in [-0.1, -0.05) is 11.1 Å². The molecule has 74 valence electrons. The van der Waals surface area contributed by atoms with Crippen LogP contribution < -0.4 is 0 Å². The van der Waals surface area contributed by atoms with E-state index in [2.05, 4.69) is 4.74 Å². The normalized spacial score (nSPS) is 28.8. The van der Waals surface area contributed by atoms with E-state index in [1.807, 2.05) is 13.8 Å². The number of ether oxygens (including phenoxy) is 1. The SMILES string of the molecule is COC(=O)C1CC(C)=C(C)CS1=O. The third-order valence-electron chi connectivity index (χ3n) is 2.36. The monoisotopic (exact) mass is 202 g/mol. The van der Waals surface area contributed by atoms with Gasteiger partial charge >= 0.3 is 5.97 Å². The van der Waals surface area contributed by atoms with Gasteiger partial charge in [0.2, 0.25) is 0 Å². The Morgan fingerprint density at radius 3 is 2.62 bits per heavy atom. The first-order chi connectivity index (χ1) is 6.06. The van der Waals surface area contributed by atoms with Crippen molar-refractivity contribution >= 4 is 16.8 Å². The Morgan fingerprint density at radius 1 is 1.46 bits per heavy atom. The maximum absolute atomic E-state index is 11.5. The predicted octanol–water partition coefficient (Wildman–Crippen LogP) is 1.02. The molecule has 2 unspecified atom stereocenters. The van der Waals surface area contributed by atoms with Gasteiger partial charge in [0.1, 0.15) is 5.25 Å². The summed E-state index contributed by atoms with van der Waals surface area (Å²) in [6, 6.07) is 0. The molecule has 4 heteroatoms. The quantitative estimate of drug-likeness (QED) is 0.471. The second kappa shape index (κ2) is 4.05. The Hall–Kier alpha value is -0.640. The highest BCUT2D eigenvalue weighted by molar-refractivity contribution is 7.86. The summed E-state index contributed by atoms with van der Waals surface area (Å²) in [6.45, 7) is 3.93. The lowest BCUT2D eigenvalue weighted by Crippen LogP contribution is -2.32. The van der Waals surface area contributed by atoms with E-state index in [9.17, 15) is 9.00 Å². The number of methoxy groups -OCH3 is 1. The molecular formula is C9H14O3S. The molecule has 0 N–H and O–H groups in total. The maximum Gasteiger partial charge on any atom is 0.321 e. The molecule has 2 atom stereocenters. The average Bonchev–Trinajstić information content (AvgIpc) is 2.10. The molecule has 0 aromatic heterocycles. The predicted molar refractivity (Wildman–Crippen MR) is 51.8 cm³/mol. The first kappa shape index (κ1) is 10.4. The molecule has 0 saturated carbocycles. The lowest BCUT2D eigenvalue weighted by atomic mass is 10.1. The van der Waals surface area contributed by atoms with Crippen molar-refractivity contribution in [3.8, 4) is 0 Å². The van der Waals surface area contributed by atoms with Crippen LogP contribution in [-0.2, 0) is 20.3 Å². The van der Waals surface area contributed by atoms with Crippen molar-refractivity contribution in [2.75, 3.05) is 12.9 Å². The molecule has 0 bridgehead atoms. The number of allylic oxidation sites excluding steroid dienone is 1.